The third-order valence-electron chi connectivity index (χ3n) is 3.80. The van der Waals surface area contributed by atoms with Gasteiger partial charge in [0.05, 0.1) is 0 Å². The number of aromatic nitrogens is 2. The number of allylic oxidation sites excluding steroid dienone is 1. The van der Waals surface area contributed by atoms with Crippen LogP contribution >= 0.6 is 0 Å². The number of H-pyrrole nitrogens is 1. The quantitative estimate of drug-likeness (QED) is 0.721. The molecule has 22 heavy (non-hydrogen) atoms. The predicted octanol–water partition coefficient (Wildman–Crippen LogP) is 3.66. The first-order valence-electron chi connectivity index (χ1n) is 7.05. The summed E-state index contributed by atoms with van der Waals surface area (Å²) in [5.74, 6) is -0.897. The van der Waals surface area contributed by atoms with Gasteiger partial charge in [-0.3, -0.25) is 4.98 Å². The van der Waals surface area contributed by atoms with Crippen LogP contribution in [0.15, 0.2) is 60.6 Å². The molecule has 2 N–H and O–H groups in total. The number of hydrogen-bond acceptors (Lipinski definition) is 2. The smallest absolute Gasteiger partial charge is 0.331 e. The molecule has 0 bridgehead atoms. The molecule has 0 radical (unpaired) electrons. The molecule has 0 amide bonds. The summed E-state index contributed by atoms with van der Waals surface area (Å²) in [4.78, 5) is 18.8. The third-order valence-corrected chi connectivity index (χ3v) is 3.80. The minimum Gasteiger partial charge on any atom is -0.478 e. The molecule has 110 valence electrons. The minimum absolute atomic E-state index is 0.359. The first kappa shape index (κ1) is 14.1. The van der Waals surface area contributed by atoms with Crippen molar-refractivity contribution in [1.29, 1.82) is 0 Å². The zero-order chi connectivity index (χ0) is 15.5. The standard InChI is InChI=1S/C18H16N2O2/c1-12(18(21)22)16(10-13-4-3-8-19-11-13)14-5-2-6-17-15(14)7-9-20-17/h2-9,11,20H,10H2,1H3,(H,21,22). The molecule has 0 spiro atoms. The molecule has 0 unspecified atom stereocenters. The van der Waals surface area contributed by atoms with Crippen LogP contribution in [-0.2, 0) is 11.2 Å². The van der Waals surface area contributed by atoms with Gasteiger partial charge in [0, 0.05) is 41.5 Å². The summed E-state index contributed by atoms with van der Waals surface area (Å²) in [5, 5.41) is 10.5. The van der Waals surface area contributed by atoms with Crippen molar-refractivity contribution >= 4 is 22.4 Å². The minimum atomic E-state index is -0.897. The van der Waals surface area contributed by atoms with E-state index >= 15 is 0 Å². The molecule has 3 aromatic rings. The van der Waals surface area contributed by atoms with Crippen molar-refractivity contribution in [3.63, 3.8) is 0 Å². The highest BCUT2D eigenvalue weighted by molar-refractivity contribution is 6.01. The Morgan fingerprint density at radius 3 is 2.82 bits per heavy atom. The van der Waals surface area contributed by atoms with Crippen LogP contribution in [0.4, 0.5) is 0 Å². The molecule has 0 saturated carbocycles. The second-order valence-electron chi connectivity index (χ2n) is 5.19. The van der Waals surface area contributed by atoms with Crippen LogP contribution in [-0.4, -0.2) is 21.0 Å². The maximum Gasteiger partial charge on any atom is 0.331 e. The lowest BCUT2D eigenvalue weighted by Crippen LogP contribution is -2.04. The highest BCUT2D eigenvalue weighted by Crippen LogP contribution is 2.29. The van der Waals surface area contributed by atoms with Gasteiger partial charge in [-0.2, -0.15) is 0 Å². The summed E-state index contributed by atoms with van der Waals surface area (Å²) >= 11 is 0. The van der Waals surface area contributed by atoms with Gasteiger partial charge in [0.15, 0.2) is 0 Å². The summed E-state index contributed by atoms with van der Waals surface area (Å²) in [7, 11) is 0. The van der Waals surface area contributed by atoms with Gasteiger partial charge in [-0.25, -0.2) is 4.79 Å². The molecule has 2 aromatic heterocycles. The van der Waals surface area contributed by atoms with Gasteiger partial charge in [0.2, 0.25) is 0 Å². The van der Waals surface area contributed by atoms with E-state index in [1.807, 2.05) is 42.6 Å². The number of aliphatic carboxylic acids is 1. The summed E-state index contributed by atoms with van der Waals surface area (Å²) in [6.45, 7) is 1.65. The van der Waals surface area contributed by atoms with Crippen molar-refractivity contribution in [2.24, 2.45) is 0 Å². The number of fused-ring (bicyclic) bond motifs is 1. The zero-order valence-corrected chi connectivity index (χ0v) is 12.2. The van der Waals surface area contributed by atoms with E-state index < -0.39 is 5.97 Å². The third kappa shape index (κ3) is 2.63. The molecular weight excluding hydrogens is 276 g/mol. The number of carboxylic acids is 1. The molecule has 0 aliphatic heterocycles. The number of carboxylic acid groups (broad SMARTS) is 1. The highest BCUT2D eigenvalue weighted by atomic mass is 16.4. The average molecular weight is 292 g/mol. The number of pyridine rings is 1. The molecule has 4 nitrogen and oxygen atoms in total. The number of nitrogens with zero attached hydrogens (tertiary/aromatic N) is 1. The number of carbonyl (C=O) groups is 1. The molecular formula is C18H16N2O2. The number of benzene rings is 1. The van der Waals surface area contributed by atoms with Gasteiger partial charge in [0.25, 0.3) is 0 Å². The van der Waals surface area contributed by atoms with Gasteiger partial charge in [-0.05, 0) is 41.8 Å². The molecule has 2 heterocycles. The van der Waals surface area contributed by atoms with E-state index in [1.165, 1.54) is 0 Å². The topological polar surface area (TPSA) is 66.0 Å². The highest BCUT2D eigenvalue weighted by Gasteiger charge is 2.15. The van der Waals surface area contributed by atoms with E-state index in [4.69, 9.17) is 0 Å². The number of rotatable bonds is 4. The maximum atomic E-state index is 11.5. The number of nitrogens with one attached hydrogen (secondary N) is 1. The van der Waals surface area contributed by atoms with Crippen molar-refractivity contribution < 1.29 is 9.90 Å². The monoisotopic (exact) mass is 292 g/mol. The lowest BCUT2D eigenvalue weighted by atomic mass is 9.92. The van der Waals surface area contributed by atoms with E-state index in [0.717, 1.165) is 27.6 Å². The fraction of sp³-hybridized carbons (Fsp3) is 0.111. The van der Waals surface area contributed by atoms with Gasteiger partial charge >= 0.3 is 5.97 Å². The number of aromatic amines is 1. The van der Waals surface area contributed by atoms with Gasteiger partial charge in [0.1, 0.15) is 0 Å². The van der Waals surface area contributed by atoms with E-state index in [0.29, 0.717) is 12.0 Å². The first-order chi connectivity index (χ1) is 10.7. The lowest BCUT2D eigenvalue weighted by molar-refractivity contribution is -0.132. The maximum absolute atomic E-state index is 11.5. The van der Waals surface area contributed by atoms with Crippen LogP contribution in [0, 0.1) is 0 Å². The normalized spacial score (nSPS) is 12.2. The Kier molecular flexibility index (Phi) is 3.74. The Morgan fingerprint density at radius 2 is 2.09 bits per heavy atom. The Balaban J connectivity index is 2.16. The second-order valence-corrected chi connectivity index (χ2v) is 5.19. The molecule has 0 aliphatic carbocycles. The summed E-state index contributed by atoms with van der Waals surface area (Å²) < 4.78 is 0. The van der Waals surface area contributed by atoms with Gasteiger partial charge in [-0.15, -0.1) is 0 Å². The van der Waals surface area contributed by atoms with Crippen molar-refractivity contribution in [1.82, 2.24) is 9.97 Å². The van der Waals surface area contributed by atoms with Crippen LogP contribution in [0.1, 0.15) is 18.1 Å². The molecule has 0 saturated heterocycles. The van der Waals surface area contributed by atoms with Crippen molar-refractivity contribution in [3.05, 3.63) is 71.7 Å². The van der Waals surface area contributed by atoms with E-state index in [1.54, 1.807) is 19.3 Å². The fourth-order valence-corrected chi connectivity index (χ4v) is 2.61. The molecule has 0 fully saturated rings. The molecule has 0 atom stereocenters. The average Bonchev–Trinajstić information content (AvgIpc) is 3.01. The van der Waals surface area contributed by atoms with Crippen LogP contribution in [0.2, 0.25) is 0 Å². The van der Waals surface area contributed by atoms with Crippen molar-refractivity contribution in [2.45, 2.75) is 13.3 Å². The van der Waals surface area contributed by atoms with Crippen LogP contribution in [0.3, 0.4) is 0 Å². The van der Waals surface area contributed by atoms with E-state index in [-0.39, 0.29) is 0 Å². The fourth-order valence-electron chi connectivity index (χ4n) is 2.61. The Morgan fingerprint density at radius 1 is 1.23 bits per heavy atom. The van der Waals surface area contributed by atoms with Crippen LogP contribution < -0.4 is 0 Å². The lowest BCUT2D eigenvalue weighted by Gasteiger charge is -2.12. The van der Waals surface area contributed by atoms with Crippen molar-refractivity contribution in [2.75, 3.05) is 0 Å². The summed E-state index contributed by atoms with van der Waals surface area (Å²) in [6.07, 6.45) is 5.89. The molecule has 0 aliphatic rings. The zero-order valence-electron chi connectivity index (χ0n) is 12.2. The van der Waals surface area contributed by atoms with E-state index in [9.17, 15) is 9.90 Å². The van der Waals surface area contributed by atoms with Crippen LogP contribution in [0.5, 0.6) is 0 Å². The van der Waals surface area contributed by atoms with Gasteiger partial charge < -0.3 is 10.1 Å². The Labute approximate surface area is 128 Å². The summed E-state index contributed by atoms with van der Waals surface area (Å²) in [5.41, 5.74) is 4.11. The Hall–Kier alpha value is -2.88. The molecule has 4 heteroatoms. The van der Waals surface area contributed by atoms with E-state index in [2.05, 4.69) is 9.97 Å². The predicted molar refractivity (Wildman–Crippen MR) is 86.5 cm³/mol. The second kappa shape index (κ2) is 5.85. The summed E-state index contributed by atoms with van der Waals surface area (Å²) in [6, 6.07) is 11.7. The van der Waals surface area contributed by atoms with Crippen LogP contribution in [0.25, 0.3) is 16.5 Å². The molecule has 1 aromatic carbocycles. The Bertz CT molecular complexity index is 848. The SMILES string of the molecule is CC(C(=O)O)=C(Cc1cccnc1)c1cccc2[nH]ccc12. The first-order valence-corrected chi connectivity index (χ1v) is 7.05. The molecule has 3 rings (SSSR count). The largest absolute Gasteiger partial charge is 0.478 e. The van der Waals surface area contributed by atoms with Crippen molar-refractivity contribution in [3.8, 4) is 0 Å². The van der Waals surface area contributed by atoms with Gasteiger partial charge in [-0.1, -0.05) is 18.2 Å². The number of hydrogen-bond donors (Lipinski definition) is 2.